The fourth-order valence-corrected chi connectivity index (χ4v) is 0.711. The molecule has 78 valence electrons. The van der Waals surface area contributed by atoms with Crippen LogP contribution in [-0.4, -0.2) is 30.9 Å². The van der Waals surface area contributed by atoms with E-state index < -0.39 is 18.0 Å². The van der Waals surface area contributed by atoms with Crippen LogP contribution in [0.4, 0.5) is 0 Å². The van der Waals surface area contributed by atoms with Gasteiger partial charge in [0, 0.05) is 13.8 Å². The van der Waals surface area contributed by atoms with Crippen molar-refractivity contribution in [2.75, 3.05) is 6.61 Å². The van der Waals surface area contributed by atoms with Crippen LogP contribution in [0.3, 0.4) is 0 Å². The van der Waals surface area contributed by atoms with Gasteiger partial charge >= 0.3 is 11.9 Å². The van der Waals surface area contributed by atoms with Crippen LogP contribution in [0.1, 0.15) is 13.8 Å². The summed E-state index contributed by atoms with van der Waals surface area (Å²) in [5.74, 6) is -0.973. The van der Waals surface area contributed by atoms with Crippen LogP contribution >= 0.6 is 0 Å². The van der Waals surface area contributed by atoms with E-state index in [2.05, 4.69) is 4.74 Å². The molecule has 5 heteroatoms. The second-order valence-electron chi connectivity index (χ2n) is 2.47. The van der Waals surface area contributed by atoms with Crippen molar-refractivity contribution in [2.24, 2.45) is 0 Å². The number of hydrogen-bond donors (Lipinski definition) is 0. The zero-order valence-corrected chi connectivity index (χ0v) is 8.06. The number of rotatable bonds is 5. The fourth-order valence-electron chi connectivity index (χ4n) is 0.711. The summed E-state index contributed by atoms with van der Waals surface area (Å²) in [5.41, 5.74) is 0. The third kappa shape index (κ3) is 7.02. The number of aldehydes is 1. The number of ether oxygens (including phenoxy) is 2. The highest BCUT2D eigenvalue weighted by Gasteiger charge is 2.09. The quantitative estimate of drug-likeness (QED) is 0.361. The Kier molecular flexibility index (Phi) is 6.02. The van der Waals surface area contributed by atoms with Crippen molar-refractivity contribution in [2.45, 2.75) is 20.0 Å². The van der Waals surface area contributed by atoms with Crippen LogP contribution < -0.4 is 0 Å². The topological polar surface area (TPSA) is 69.7 Å². The van der Waals surface area contributed by atoms with Crippen LogP contribution in [0.15, 0.2) is 12.2 Å². The lowest BCUT2D eigenvalue weighted by atomic mass is 10.3. The van der Waals surface area contributed by atoms with E-state index in [1.807, 2.05) is 0 Å². The van der Waals surface area contributed by atoms with Gasteiger partial charge in [-0.3, -0.25) is 14.4 Å². The molecule has 0 saturated heterocycles. The second kappa shape index (κ2) is 6.82. The highest BCUT2D eigenvalue weighted by molar-refractivity contribution is 5.68. The number of carbonyl (C=O) groups excluding carboxylic acids is 3. The molecule has 0 amide bonds. The molecule has 0 N–H and O–H groups in total. The van der Waals surface area contributed by atoms with Crippen molar-refractivity contribution >= 4 is 18.2 Å². The first-order chi connectivity index (χ1) is 6.56. The summed E-state index contributed by atoms with van der Waals surface area (Å²) < 4.78 is 9.36. The Morgan fingerprint density at radius 3 is 2.36 bits per heavy atom. The summed E-state index contributed by atoms with van der Waals surface area (Å²) in [6, 6.07) is 0. The van der Waals surface area contributed by atoms with Gasteiger partial charge in [0.1, 0.15) is 12.9 Å². The van der Waals surface area contributed by atoms with Gasteiger partial charge in [0.15, 0.2) is 6.10 Å². The van der Waals surface area contributed by atoms with Crippen molar-refractivity contribution in [3.8, 4) is 0 Å². The lowest BCUT2D eigenvalue weighted by Crippen LogP contribution is -2.21. The molecule has 1 atom stereocenters. The zero-order chi connectivity index (χ0) is 11.0. The molecule has 0 aromatic rings. The van der Waals surface area contributed by atoms with Gasteiger partial charge < -0.3 is 9.47 Å². The van der Waals surface area contributed by atoms with E-state index in [1.54, 1.807) is 0 Å². The molecule has 1 unspecified atom stereocenters. The molecular weight excluding hydrogens is 188 g/mol. The molecule has 5 nitrogen and oxygen atoms in total. The maximum atomic E-state index is 10.6. The average molecular weight is 200 g/mol. The Bertz CT molecular complexity index is 244. The van der Waals surface area contributed by atoms with E-state index in [0.717, 1.165) is 0 Å². The number of esters is 2. The highest BCUT2D eigenvalue weighted by atomic mass is 16.6. The molecule has 0 aliphatic heterocycles. The van der Waals surface area contributed by atoms with E-state index in [4.69, 9.17) is 4.74 Å². The molecule has 0 rings (SSSR count). The second-order valence-corrected chi connectivity index (χ2v) is 2.47. The van der Waals surface area contributed by atoms with E-state index in [9.17, 15) is 14.4 Å². The molecule has 0 fully saturated rings. The molecule has 0 aliphatic rings. The monoisotopic (exact) mass is 200 g/mol. The van der Waals surface area contributed by atoms with E-state index in [-0.39, 0.29) is 6.61 Å². The van der Waals surface area contributed by atoms with Crippen molar-refractivity contribution in [3.05, 3.63) is 12.2 Å². The summed E-state index contributed by atoms with van der Waals surface area (Å²) >= 11 is 0. The Hall–Kier alpha value is -1.65. The van der Waals surface area contributed by atoms with Crippen molar-refractivity contribution in [1.82, 2.24) is 0 Å². The van der Waals surface area contributed by atoms with Crippen LogP contribution in [0, 0.1) is 0 Å². The predicted molar refractivity (Wildman–Crippen MR) is 47.4 cm³/mol. The van der Waals surface area contributed by atoms with Crippen LogP contribution in [0.2, 0.25) is 0 Å². The molecule has 0 spiro atoms. The van der Waals surface area contributed by atoms with E-state index in [1.165, 1.54) is 26.0 Å². The van der Waals surface area contributed by atoms with Crippen molar-refractivity contribution in [1.29, 1.82) is 0 Å². The maximum absolute atomic E-state index is 10.6. The Morgan fingerprint density at radius 1 is 1.29 bits per heavy atom. The normalized spacial score (nSPS) is 12.1. The van der Waals surface area contributed by atoms with Gasteiger partial charge in [-0.05, 0) is 12.2 Å². The van der Waals surface area contributed by atoms with Crippen LogP contribution in [0.25, 0.3) is 0 Å². The first kappa shape index (κ1) is 12.3. The lowest BCUT2D eigenvalue weighted by Gasteiger charge is -2.11. The minimum atomic E-state index is -0.707. The first-order valence-corrected chi connectivity index (χ1v) is 3.98. The van der Waals surface area contributed by atoms with E-state index in [0.29, 0.717) is 6.29 Å². The molecule has 0 aliphatic carbocycles. The predicted octanol–water partition coefficient (Wildman–Crippen LogP) is 0.236. The van der Waals surface area contributed by atoms with Crippen LogP contribution in [-0.2, 0) is 23.9 Å². The Morgan fingerprint density at radius 2 is 1.93 bits per heavy atom. The minimum Gasteiger partial charge on any atom is -0.462 e. The minimum absolute atomic E-state index is 0.0841. The smallest absolute Gasteiger partial charge is 0.303 e. The Balaban J connectivity index is 4.09. The largest absolute Gasteiger partial charge is 0.462 e. The molecule has 0 heterocycles. The first-order valence-electron chi connectivity index (χ1n) is 3.98. The Labute approximate surface area is 81.7 Å². The van der Waals surface area contributed by atoms with E-state index >= 15 is 0 Å². The average Bonchev–Trinajstić information content (AvgIpc) is 2.09. The summed E-state index contributed by atoms with van der Waals surface area (Å²) in [6.07, 6.45) is 2.36. The van der Waals surface area contributed by atoms with Gasteiger partial charge in [-0.2, -0.15) is 0 Å². The number of allylic oxidation sites excluding steroid dienone is 1. The molecular formula is C9H12O5. The summed E-state index contributed by atoms with van der Waals surface area (Å²) in [7, 11) is 0. The third-order valence-electron chi connectivity index (χ3n) is 1.17. The lowest BCUT2D eigenvalue weighted by molar-refractivity contribution is -0.153. The van der Waals surface area contributed by atoms with Gasteiger partial charge in [-0.15, -0.1) is 0 Å². The highest BCUT2D eigenvalue weighted by Crippen LogP contribution is 1.96. The summed E-state index contributed by atoms with van der Waals surface area (Å²) in [5, 5.41) is 0. The SMILES string of the molecule is CC(=O)OCC(/C=C/C=O)OC(C)=O. The van der Waals surface area contributed by atoms with Gasteiger partial charge in [0.05, 0.1) is 0 Å². The molecule has 0 aromatic carbocycles. The zero-order valence-electron chi connectivity index (χ0n) is 8.06. The summed E-state index contributed by atoms with van der Waals surface area (Å²) in [4.78, 5) is 31.0. The standard InChI is InChI=1S/C9H12O5/c1-7(11)13-6-9(4-3-5-10)14-8(2)12/h3-5,9H,6H2,1-2H3/b4-3+. The van der Waals surface area contributed by atoms with Gasteiger partial charge in [-0.25, -0.2) is 0 Å². The molecule has 0 aromatic heterocycles. The fraction of sp³-hybridized carbons (Fsp3) is 0.444. The van der Waals surface area contributed by atoms with Gasteiger partial charge in [-0.1, -0.05) is 0 Å². The maximum Gasteiger partial charge on any atom is 0.303 e. The van der Waals surface area contributed by atoms with Crippen molar-refractivity contribution in [3.63, 3.8) is 0 Å². The number of hydrogen-bond acceptors (Lipinski definition) is 5. The molecule has 0 radical (unpaired) electrons. The van der Waals surface area contributed by atoms with Gasteiger partial charge in [0.2, 0.25) is 0 Å². The molecule has 14 heavy (non-hydrogen) atoms. The molecule has 0 saturated carbocycles. The molecule has 0 bridgehead atoms. The van der Waals surface area contributed by atoms with Crippen LogP contribution in [0.5, 0.6) is 0 Å². The number of carbonyl (C=O) groups is 3. The van der Waals surface area contributed by atoms with Crippen molar-refractivity contribution < 1.29 is 23.9 Å². The third-order valence-corrected chi connectivity index (χ3v) is 1.17. The van der Waals surface area contributed by atoms with Gasteiger partial charge in [0.25, 0.3) is 0 Å². The summed E-state index contributed by atoms with van der Waals surface area (Å²) in [6.45, 7) is 2.39.